The molecule has 0 saturated heterocycles. The van der Waals surface area contributed by atoms with Gasteiger partial charge in [-0.3, -0.25) is 0 Å². The van der Waals surface area contributed by atoms with E-state index in [1.54, 1.807) is 13.0 Å². The first-order chi connectivity index (χ1) is 7.96. The van der Waals surface area contributed by atoms with Crippen molar-refractivity contribution in [2.75, 3.05) is 0 Å². The summed E-state index contributed by atoms with van der Waals surface area (Å²) in [6.07, 6.45) is -4.73. The normalized spacial score (nSPS) is 11.5. The molecule has 90 valence electrons. The van der Waals surface area contributed by atoms with E-state index in [2.05, 4.69) is 19.9 Å². The fourth-order valence-corrected chi connectivity index (χ4v) is 1.34. The molecule has 1 aromatic heterocycles. The van der Waals surface area contributed by atoms with Gasteiger partial charge in [0.25, 0.3) is 0 Å². The van der Waals surface area contributed by atoms with Crippen molar-refractivity contribution in [2.45, 2.75) is 13.3 Å². The maximum Gasteiger partial charge on any atom is 0.573 e. The summed E-state index contributed by atoms with van der Waals surface area (Å²) in [6.45, 7) is 1.66. The number of H-pyrrole nitrogens is 1. The lowest BCUT2D eigenvalue weighted by Gasteiger charge is -2.11. The third-order valence-electron chi connectivity index (χ3n) is 1.97. The lowest BCUT2D eigenvalue weighted by molar-refractivity contribution is -0.274. The van der Waals surface area contributed by atoms with E-state index in [0.29, 0.717) is 5.82 Å². The van der Waals surface area contributed by atoms with Crippen LogP contribution in [0.5, 0.6) is 5.75 Å². The van der Waals surface area contributed by atoms with Gasteiger partial charge in [0.2, 0.25) is 0 Å². The number of aromatic nitrogens is 3. The number of hydrogen-bond donors (Lipinski definition) is 1. The van der Waals surface area contributed by atoms with E-state index >= 15 is 0 Å². The van der Waals surface area contributed by atoms with Gasteiger partial charge in [-0.15, -0.1) is 23.4 Å². The molecule has 0 fully saturated rings. The molecule has 1 heterocycles. The molecule has 1 N–H and O–H groups in total. The summed E-state index contributed by atoms with van der Waals surface area (Å²) in [5, 5.41) is 7.41. The molecule has 0 unspecified atom stereocenters. The molecule has 2 rings (SSSR count). The highest BCUT2D eigenvalue weighted by atomic mass is 19.4. The number of para-hydroxylation sites is 1. The Bertz CT molecular complexity index is 522. The van der Waals surface area contributed by atoms with Gasteiger partial charge in [0.05, 0.1) is 5.56 Å². The van der Waals surface area contributed by atoms with Gasteiger partial charge < -0.3 is 9.72 Å². The fourth-order valence-electron chi connectivity index (χ4n) is 1.34. The molecule has 0 radical (unpaired) electrons. The van der Waals surface area contributed by atoms with Crippen LogP contribution >= 0.6 is 0 Å². The second-order valence-electron chi connectivity index (χ2n) is 3.30. The monoisotopic (exact) mass is 243 g/mol. The molecule has 0 saturated carbocycles. The molecule has 0 amide bonds. The predicted molar refractivity (Wildman–Crippen MR) is 53.2 cm³/mol. The number of nitrogens with one attached hydrogen (secondary N) is 1. The van der Waals surface area contributed by atoms with Crippen LogP contribution < -0.4 is 4.74 Å². The Labute approximate surface area is 94.4 Å². The highest BCUT2D eigenvalue weighted by molar-refractivity contribution is 5.63. The first kappa shape index (κ1) is 11.4. The van der Waals surface area contributed by atoms with E-state index in [4.69, 9.17) is 0 Å². The molecule has 0 atom stereocenters. The zero-order valence-electron chi connectivity index (χ0n) is 8.75. The summed E-state index contributed by atoms with van der Waals surface area (Å²) in [4.78, 5) is 2.75. The van der Waals surface area contributed by atoms with E-state index in [1.807, 2.05) is 0 Å². The van der Waals surface area contributed by atoms with Crippen molar-refractivity contribution < 1.29 is 17.9 Å². The minimum atomic E-state index is -4.73. The summed E-state index contributed by atoms with van der Waals surface area (Å²) in [5.74, 6) is 0.445. The topological polar surface area (TPSA) is 50.8 Å². The number of halogens is 3. The SMILES string of the molecule is Cc1nnc(-c2ccccc2OC(F)(F)F)[nH]1. The molecule has 0 aliphatic carbocycles. The zero-order chi connectivity index (χ0) is 12.5. The lowest BCUT2D eigenvalue weighted by Crippen LogP contribution is -2.17. The number of rotatable bonds is 2. The number of aromatic amines is 1. The van der Waals surface area contributed by atoms with Gasteiger partial charge in [-0.25, -0.2) is 0 Å². The van der Waals surface area contributed by atoms with Crippen LogP contribution in [-0.2, 0) is 0 Å². The van der Waals surface area contributed by atoms with Gasteiger partial charge in [0.1, 0.15) is 11.6 Å². The number of benzene rings is 1. The molecular weight excluding hydrogens is 235 g/mol. The maximum absolute atomic E-state index is 12.2. The van der Waals surface area contributed by atoms with Crippen LogP contribution in [0.25, 0.3) is 11.4 Å². The van der Waals surface area contributed by atoms with Gasteiger partial charge in [-0.2, -0.15) is 0 Å². The van der Waals surface area contributed by atoms with Gasteiger partial charge in [0, 0.05) is 0 Å². The summed E-state index contributed by atoms with van der Waals surface area (Å²) in [5.41, 5.74) is 0.213. The number of hydrogen-bond acceptors (Lipinski definition) is 3. The van der Waals surface area contributed by atoms with E-state index in [-0.39, 0.29) is 17.1 Å². The lowest BCUT2D eigenvalue weighted by atomic mass is 10.2. The summed E-state index contributed by atoms with van der Waals surface area (Å²) in [6, 6.07) is 5.74. The van der Waals surface area contributed by atoms with Crippen molar-refractivity contribution in [3.63, 3.8) is 0 Å². The standard InChI is InChI=1S/C10H8F3N3O/c1-6-14-9(16-15-6)7-4-2-3-5-8(7)17-10(11,12)13/h2-5H,1H3,(H,14,15,16). The maximum atomic E-state index is 12.2. The average molecular weight is 243 g/mol. The minimum Gasteiger partial charge on any atom is -0.405 e. The molecule has 17 heavy (non-hydrogen) atoms. The highest BCUT2D eigenvalue weighted by Gasteiger charge is 2.32. The summed E-state index contributed by atoms with van der Waals surface area (Å²) < 4.78 is 40.4. The smallest absolute Gasteiger partial charge is 0.405 e. The Kier molecular flexibility index (Phi) is 2.74. The molecule has 7 heteroatoms. The number of nitrogens with zero attached hydrogens (tertiary/aromatic N) is 2. The van der Waals surface area contributed by atoms with Gasteiger partial charge in [-0.05, 0) is 19.1 Å². The van der Waals surface area contributed by atoms with Gasteiger partial charge in [-0.1, -0.05) is 12.1 Å². The zero-order valence-corrected chi connectivity index (χ0v) is 8.75. The van der Waals surface area contributed by atoms with E-state index in [9.17, 15) is 13.2 Å². The quantitative estimate of drug-likeness (QED) is 0.882. The third-order valence-corrected chi connectivity index (χ3v) is 1.97. The highest BCUT2D eigenvalue weighted by Crippen LogP contribution is 2.31. The molecule has 0 aliphatic heterocycles. The molecule has 0 aliphatic rings. The van der Waals surface area contributed by atoms with Crippen molar-refractivity contribution in [1.29, 1.82) is 0 Å². The van der Waals surface area contributed by atoms with Crippen molar-refractivity contribution >= 4 is 0 Å². The number of aryl methyl sites for hydroxylation is 1. The van der Waals surface area contributed by atoms with Crippen molar-refractivity contribution in [3.05, 3.63) is 30.1 Å². The van der Waals surface area contributed by atoms with Crippen molar-refractivity contribution in [2.24, 2.45) is 0 Å². The van der Waals surface area contributed by atoms with Crippen molar-refractivity contribution in [1.82, 2.24) is 15.2 Å². The minimum absolute atomic E-state index is 0.213. The van der Waals surface area contributed by atoms with Crippen LogP contribution in [0.15, 0.2) is 24.3 Å². The molecule has 2 aromatic rings. The Hall–Kier alpha value is -2.05. The second-order valence-corrected chi connectivity index (χ2v) is 3.30. The first-order valence-electron chi connectivity index (χ1n) is 4.70. The molecule has 1 aromatic carbocycles. The Balaban J connectivity index is 2.41. The van der Waals surface area contributed by atoms with Crippen LogP contribution in [0.1, 0.15) is 5.82 Å². The Morgan fingerprint density at radius 2 is 1.88 bits per heavy atom. The predicted octanol–water partition coefficient (Wildman–Crippen LogP) is 2.68. The number of ether oxygens (including phenoxy) is 1. The van der Waals surface area contributed by atoms with Crippen molar-refractivity contribution in [3.8, 4) is 17.1 Å². The molecule has 0 spiro atoms. The van der Waals surface area contributed by atoms with E-state index in [0.717, 1.165) is 0 Å². The van der Waals surface area contributed by atoms with Crippen LogP contribution in [0.3, 0.4) is 0 Å². The molecule has 4 nitrogen and oxygen atoms in total. The van der Waals surface area contributed by atoms with Crippen LogP contribution in [-0.4, -0.2) is 21.5 Å². The van der Waals surface area contributed by atoms with Crippen LogP contribution in [0, 0.1) is 6.92 Å². The van der Waals surface area contributed by atoms with E-state index < -0.39 is 6.36 Å². The summed E-state index contributed by atoms with van der Waals surface area (Å²) in [7, 11) is 0. The Morgan fingerprint density at radius 1 is 1.18 bits per heavy atom. The fraction of sp³-hybridized carbons (Fsp3) is 0.200. The van der Waals surface area contributed by atoms with Crippen LogP contribution in [0.4, 0.5) is 13.2 Å². The van der Waals surface area contributed by atoms with Gasteiger partial charge >= 0.3 is 6.36 Å². The Morgan fingerprint density at radius 3 is 2.47 bits per heavy atom. The first-order valence-corrected chi connectivity index (χ1v) is 4.70. The van der Waals surface area contributed by atoms with E-state index in [1.165, 1.54) is 18.2 Å². The van der Waals surface area contributed by atoms with Gasteiger partial charge in [0.15, 0.2) is 5.82 Å². The molecular formula is C10H8F3N3O. The largest absolute Gasteiger partial charge is 0.573 e. The third kappa shape index (κ3) is 2.74. The average Bonchev–Trinajstić information content (AvgIpc) is 2.63. The second kappa shape index (κ2) is 4.08. The molecule has 0 bridgehead atoms. The number of alkyl halides is 3. The van der Waals surface area contributed by atoms with Crippen LogP contribution in [0.2, 0.25) is 0 Å². The summed E-state index contributed by atoms with van der Waals surface area (Å²) >= 11 is 0.